The Labute approximate surface area is 174 Å². The van der Waals surface area contributed by atoms with Crippen molar-refractivity contribution in [2.45, 2.75) is 51.9 Å². The van der Waals surface area contributed by atoms with E-state index in [1.165, 1.54) is 21.9 Å². The van der Waals surface area contributed by atoms with Crippen LogP contribution in [0.15, 0.2) is 66.7 Å². The highest BCUT2D eigenvalue weighted by Gasteiger charge is 2.20. The number of fused-ring (bicyclic) bond motifs is 1. The maximum Gasteiger partial charge on any atom is 0.0898 e. The number of ether oxygens (including phenoxy) is 1. The number of hydrogen-bond acceptors (Lipinski definition) is 3. The van der Waals surface area contributed by atoms with Gasteiger partial charge >= 0.3 is 0 Å². The second-order valence-corrected chi connectivity index (χ2v) is 8.67. The minimum absolute atomic E-state index is 0.0323. The lowest BCUT2D eigenvalue weighted by Crippen LogP contribution is -2.46. The number of aliphatic hydroxyl groups is 1. The highest BCUT2D eigenvalue weighted by Crippen LogP contribution is 2.20. The summed E-state index contributed by atoms with van der Waals surface area (Å²) >= 11 is 0. The Morgan fingerprint density at radius 2 is 1.72 bits per heavy atom. The summed E-state index contributed by atoms with van der Waals surface area (Å²) in [5.41, 5.74) is 3.53. The van der Waals surface area contributed by atoms with Crippen molar-refractivity contribution in [2.75, 3.05) is 13.2 Å². The van der Waals surface area contributed by atoms with Gasteiger partial charge in [-0.05, 0) is 56.0 Å². The van der Waals surface area contributed by atoms with Crippen molar-refractivity contribution in [3.05, 3.63) is 83.4 Å². The van der Waals surface area contributed by atoms with Gasteiger partial charge < -0.3 is 15.2 Å². The van der Waals surface area contributed by atoms with Crippen LogP contribution in [0.25, 0.3) is 10.8 Å². The molecule has 3 heteroatoms. The lowest BCUT2D eigenvalue weighted by Gasteiger charge is -2.28. The Hall–Kier alpha value is -2.20. The third kappa shape index (κ3) is 6.40. The van der Waals surface area contributed by atoms with Gasteiger partial charge in [-0.3, -0.25) is 0 Å². The molecule has 0 spiro atoms. The van der Waals surface area contributed by atoms with Gasteiger partial charge in [-0.25, -0.2) is 0 Å². The third-order valence-corrected chi connectivity index (χ3v) is 5.33. The van der Waals surface area contributed by atoms with Gasteiger partial charge in [0.2, 0.25) is 0 Å². The minimum atomic E-state index is -0.543. The first-order valence-corrected chi connectivity index (χ1v) is 10.4. The van der Waals surface area contributed by atoms with E-state index in [4.69, 9.17) is 4.74 Å². The van der Waals surface area contributed by atoms with Crippen LogP contribution in [-0.4, -0.2) is 29.9 Å². The number of hydrogen-bond donors (Lipinski definition) is 2. The van der Waals surface area contributed by atoms with Gasteiger partial charge in [0.25, 0.3) is 0 Å². The van der Waals surface area contributed by atoms with E-state index in [0.717, 1.165) is 12.0 Å². The van der Waals surface area contributed by atoms with Crippen LogP contribution in [0.5, 0.6) is 0 Å². The Balaban J connectivity index is 1.48. The maximum atomic E-state index is 10.4. The topological polar surface area (TPSA) is 41.5 Å². The van der Waals surface area contributed by atoms with E-state index in [0.29, 0.717) is 13.2 Å². The predicted molar refractivity (Wildman–Crippen MR) is 121 cm³/mol. The van der Waals surface area contributed by atoms with Gasteiger partial charge in [0.15, 0.2) is 0 Å². The lowest BCUT2D eigenvalue weighted by atomic mass is 9.93. The largest absolute Gasteiger partial charge is 0.389 e. The summed E-state index contributed by atoms with van der Waals surface area (Å²) in [7, 11) is 0. The first-order valence-electron chi connectivity index (χ1n) is 10.4. The Bertz CT molecular complexity index is 935. The van der Waals surface area contributed by atoms with Gasteiger partial charge in [-0.15, -0.1) is 0 Å². The van der Waals surface area contributed by atoms with Crippen LogP contribution in [-0.2, 0) is 11.2 Å². The van der Waals surface area contributed by atoms with Crippen LogP contribution in [0.2, 0.25) is 0 Å². The number of nitrogens with one attached hydrogen (secondary N) is 1. The van der Waals surface area contributed by atoms with Crippen molar-refractivity contribution in [2.24, 2.45) is 0 Å². The second kappa shape index (κ2) is 9.53. The van der Waals surface area contributed by atoms with Crippen LogP contribution >= 0.6 is 0 Å². The molecule has 3 nitrogen and oxygen atoms in total. The molecule has 2 N–H and O–H groups in total. The van der Waals surface area contributed by atoms with E-state index in [1.54, 1.807) is 0 Å². The standard InChI is InChI=1S/C26H33NO2/c1-19-8-7-11-23(14-19)20(2)29-18-25(28)17-27-26(3,4)16-21-12-13-22-9-5-6-10-24(22)15-21/h5-15,20,25,27-28H,16-18H2,1-4H3/t20?,25-/m1/s1. The van der Waals surface area contributed by atoms with E-state index in [-0.39, 0.29) is 11.6 Å². The average Bonchev–Trinajstić information content (AvgIpc) is 2.70. The Morgan fingerprint density at radius 1 is 0.966 bits per heavy atom. The van der Waals surface area contributed by atoms with Crippen molar-refractivity contribution in [3.63, 3.8) is 0 Å². The molecule has 3 rings (SSSR count). The molecule has 154 valence electrons. The summed E-state index contributed by atoms with van der Waals surface area (Å²) in [6.07, 6.45) is 0.318. The maximum absolute atomic E-state index is 10.4. The smallest absolute Gasteiger partial charge is 0.0898 e. The predicted octanol–water partition coefficient (Wildman–Crippen LogP) is 5.20. The molecular formula is C26H33NO2. The van der Waals surface area contributed by atoms with Crippen LogP contribution in [0.3, 0.4) is 0 Å². The molecule has 0 aliphatic heterocycles. The summed E-state index contributed by atoms with van der Waals surface area (Å²) in [6, 6.07) is 23.3. The molecule has 1 unspecified atom stereocenters. The fourth-order valence-electron chi connectivity index (χ4n) is 3.65. The number of rotatable bonds is 9. The molecular weight excluding hydrogens is 358 g/mol. The summed E-state index contributed by atoms with van der Waals surface area (Å²) in [5.74, 6) is 0. The van der Waals surface area contributed by atoms with E-state index < -0.39 is 6.10 Å². The molecule has 0 fully saturated rings. The molecule has 0 radical (unpaired) electrons. The normalized spacial score (nSPS) is 14.1. The first kappa shape index (κ1) is 21.5. The molecule has 0 amide bonds. The summed E-state index contributed by atoms with van der Waals surface area (Å²) in [5, 5.41) is 16.4. The van der Waals surface area contributed by atoms with Crippen molar-refractivity contribution in [1.82, 2.24) is 5.32 Å². The fraction of sp³-hybridized carbons (Fsp3) is 0.385. The highest BCUT2D eigenvalue weighted by atomic mass is 16.5. The van der Waals surface area contributed by atoms with E-state index in [2.05, 4.69) is 86.8 Å². The second-order valence-electron chi connectivity index (χ2n) is 8.67. The Kier molecular flexibility index (Phi) is 7.07. The van der Waals surface area contributed by atoms with Crippen LogP contribution < -0.4 is 5.32 Å². The number of aliphatic hydroxyl groups excluding tert-OH is 1. The zero-order valence-electron chi connectivity index (χ0n) is 18.0. The number of aryl methyl sites for hydroxylation is 1. The van der Waals surface area contributed by atoms with Gasteiger partial charge in [0, 0.05) is 12.1 Å². The van der Waals surface area contributed by atoms with Gasteiger partial charge in [0.05, 0.1) is 18.8 Å². The van der Waals surface area contributed by atoms with Gasteiger partial charge in [0.1, 0.15) is 0 Å². The Morgan fingerprint density at radius 3 is 2.48 bits per heavy atom. The van der Waals surface area contributed by atoms with Crippen molar-refractivity contribution >= 4 is 10.8 Å². The molecule has 0 saturated carbocycles. The van der Waals surface area contributed by atoms with Crippen LogP contribution in [0, 0.1) is 6.92 Å². The summed E-state index contributed by atoms with van der Waals surface area (Å²) < 4.78 is 5.89. The number of benzene rings is 3. The fourth-order valence-corrected chi connectivity index (χ4v) is 3.65. The van der Waals surface area contributed by atoms with Crippen molar-refractivity contribution in [3.8, 4) is 0 Å². The summed E-state index contributed by atoms with van der Waals surface area (Å²) in [4.78, 5) is 0. The quantitative estimate of drug-likeness (QED) is 0.527. The molecule has 3 aromatic rings. The molecule has 0 saturated heterocycles. The molecule has 0 bridgehead atoms. The molecule has 0 aromatic heterocycles. The highest BCUT2D eigenvalue weighted by molar-refractivity contribution is 5.83. The monoisotopic (exact) mass is 391 g/mol. The van der Waals surface area contributed by atoms with E-state index >= 15 is 0 Å². The first-order chi connectivity index (χ1) is 13.8. The summed E-state index contributed by atoms with van der Waals surface area (Å²) in [6.45, 7) is 9.26. The van der Waals surface area contributed by atoms with Crippen molar-refractivity contribution < 1.29 is 9.84 Å². The van der Waals surface area contributed by atoms with Crippen LogP contribution in [0.1, 0.15) is 43.6 Å². The zero-order chi connectivity index (χ0) is 20.9. The van der Waals surface area contributed by atoms with Crippen LogP contribution in [0.4, 0.5) is 0 Å². The third-order valence-electron chi connectivity index (χ3n) is 5.33. The SMILES string of the molecule is Cc1cccc(C(C)OC[C@H](O)CNC(C)(C)Cc2ccc3ccccc3c2)c1. The lowest BCUT2D eigenvalue weighted by molar-refractivity contribution is -0.00419. The van der Waals surface area contributed by atoms with E-state index in [9.17, 15) is 5.11 Å². The molecule has 0 heterocycles. The molecule has 3 aromatic carbocycles. The average molecular weight is 392 g/mol. The number of β-amino-alcohol motifs (C(OH)–C–C–N with tert-alkyl or cyclic N) is 1. The zero-order valence-corrected chi connectivity index (χ0v) is 18.0. The van der Waals surface area contributed by atoms with Crippen molar-refractivity contribution in [1.29, 1.82) is 0 Å². The van der Waals surface area contributed by atoms with Gasteiger partial charge in [-0.2, -0.15) is 0 Å². The molecule has 0 aliphatic rings. The minimum Gasteiger partial charge on any atom is -0.389 e. The molecule has 0 aliphatic carbocycles. The molecule has 2 atom stereocenters. The molecule has 29 heavy (non-hydrogen) atoms. The van der Waals surface area contributed by atoms with E-state index in [1.807, 2.05) is 13.0 Å². The van der Waals surface area contributed by atoms with Gasteiger partial charge in [-0.1, -0.05) is 72.3 Å².